The largest absolute Gasteiger partial charge is 0.478 e. The summed E-state index contributed by atoms with van der Waals surface area (Å²) in [7, 11) is 0. The summed E-state index contributed by atoms with van der Waals surface area (Å²) in [5.74, 6) is 0.920. The van der Waals surface area contributed by atoms with Gasteiger partial charge in [0.05, 0.1) is 67.9 Å². The molecular formula is C35H37FN4O6. The number of pyridine rings is 1. The van der Waals surface area contributed by atoms with Crippen molar-refractivity contribution in [3.05, 3.63) is 88.1 Å². The first-order valence-electron chi connectivity index (χ1n) is 16.1. The molecule has 0 radical (unpaired) electrons. The molecular weight excluding hydrogens is 591 g/mol. The van der Waals surface area contributed by atoms with Gasteiger partial charge in [-0.2, -0.15) is 0 Å². The number of piperidine rings is 1. The monoisotopic (exact) mass is 628 g/mol. The molecule has 11 heteroatoms. The second-order valence-electron chi connectivity index (χ2n) is 12.9. The number of nitrogens with zero attached hydrogens (tertiary/aromatic N) is 4. The molecule has 8 rings (SSSR count). The van der Waals surface area contributed by atoms with Gasteiger partial charge in [0.15, 0.2) is 0 Å². The predicted molar refractivity (Wildman–Crippen MR) is 165 cm³/mol. The zero-order valence-corrected chi connectivity index (χ0v) is 25.6. The Morgan fingerprint density at radius 3 is 2.70 bits per heavy atom. The van der Waals surface area contributed by atoms with Crippen molar-refractivity contribution in [2.45, 2.75) is 57.1 Å². The van der Waals surface area contributed by atoms with Crippen LogP contribution in [-0.2, 0) is 40.5 Å². The SMILES string of the molecule is O=C(O)c1ccc2nc(CN3CCC4c5nc(OCc6ccc(C7COC7)cc6F)ccc5COCC4C3)n(C[C@@H]3CCO3)c2c1. The van der Waals surface area contributed by atoms with E-state index in [1.165, 1.54) is 0 Å². The number of halogens is 1. The fourth-order valence-electron chi connectivity index (χ4n) is 7.09. The summed E-state index contributed by atoms with van der Waals surface area (Å²) in [4.78, 5) is 24.0. The molecule has 2 unspecified atom stereocenters. The van der Waals surface area contributed by atoms with Gasteiger partial charge in [0.1, 0.15) is 18.2 Å². The Balaban J connectivity index is 0.973. The van der Waals surface area contributed by atoms with Gasteiger partial charge in [-0.05, 0) is 60.8 Å². The Morgan fingerprint density at radius 1 is 1.04 bits per heavy atom. The number of carboxylic acids is 1. The van der Waals surface area contributed by atoms with Crippen LogP contribution >= 0.6 is 0 Å². The van der Waals surface area contributed by atoms with E-state index in [1.54, 1.807) is 30.3 Å². The first-order valence-corrected chi connectivity index (χ1v) is 16.1. The van der Waals surface area contributed by atoms with Crippen LogP contribution in [0.4, 0.5) is 4.39 Å². The van der Waals surface area contributed by atoms with Crippen molar-refractivity contribution in [2.75, 3.05) is 39.5 Å². The van der Waals surface area contributed by atoms with Gasteiger partial charge in [-0.15, -0.1) is 0 Å². The number of aromatic carboxylic acids is 1. The zero-order chi connectivity index (χ0) is 31.2. The van der Waals surface area contributed by atoms with Crippen molar-refractivity contribution in [3.63, 3.8) is 0 Å². The Hall–Kier alpha value is -3.90. The van der Waals surface area contributed by atoms with Crippen LogP contribution in [0.5, 0.6) is 5.88 Å². The number of rotatable bonds is 9. The molecule has 3 atom stereocenters. The minimum absolute atomic E-state index is 0.109. The van der Waals surface area contributed by atoms with Crippen molar-refractivity contribution in [2.24, 2.45) is 5.92 Å². The van der Waals surface area contributed by atoms with Gasteiger partial charge in [-0.3, -0.25) is 4.90 Å². The number of imidazole rings is 1. The number of hydrogen-bond donors (Lipinski definition) is 1. The van der Waals surface area contributed by atoms with Crippen molar-refractivity contribution in [1.29, 1.82) is 0 Å². The molecule has 0 amide bonds. The molecule has 10 nitrogen and oxygen atoms in total. The lowest BCUT2D eigenvalue weighted by Gasteiger charge is -2.37. The fourth-order valence-corrected chi connectivity index (χ4v) is 7.09. The quantitative estimate of drug-likeness (QED) is 0.277. The highest BCUT2D eigenvalue weighted by molar-refractivity contribution is 5.92. The molecule has 4 aliphatic heterocycles. The van der Waals surface area contributed by atoms with E-state index in [4.69, 9.17) is 28.9 Å². The fraction of sp³-hybridized carbons (Fsp3) is 0.457. The molecule has 0 saturated carbocycles. The number of carbonyl (C=O) groups is 1. The number of ether oxygens (including phenoxy) is 4. The second-order valence-corrected chi connectivity index (χ2v) is 12.9. The molecule has 2 aromatic carbocycles. The smallest absolute Gasteiger partial charge is 0.335 e. The number of hydrogen-bond acceptors (Lipinski definition) is 8. The van der Waals surface area contributed by atoms with Gasteiger partial charge >= 0.3 is 5.97 Å². The molecule has 4 aromatic rings. The molecule has 46 heavy (non-hydrogen) atoms. The molecule has 1 N–H and O–H groups in total. The van der Waals surface area contributed by atoms with E-state index in [9.17, 15) is 14.3 Å². The van der Waals surface area contributed by atoms with E-state index < -0.39 is 5.97 Å². The summed E-state index contributed by atoms with van der Waals surface area (Å²) in [6.07, 6.45) is 2.01. The first-order chi connectivity index (χ1) is 22.5. The summed E-state index contributed by atoms with van der Waals surface area (Å²) in [5.41, 5.74) is 5.42. The highest BCUT2D eigenvalue weighted by Crippen LogP contribution is 2.38. The van der Waals surface area contributed by atoms with Gasteiger partial charge in [0.25, 0.3) is 0 Å². The molecule has 240 valence electrons. The van der Waals surface area contributed by atoms with E-state index in [0.29, 0.717) is 51.0 Å². The second kappa shape index (κ2) is 12.4. The van der Waals surface area contributed by atoms with Crippen LogP contribution in [0.3, 0.4) is 0 Å². The van der Waals surface area contributed by atoms with Crippen LogP contribution in [0.15, 0.2) is 48.5 Å². The standard InChI is InChI=1S/C35H37FN4O6/c36-29-11-21(26-18-44-19-26)1-2-23(29)20-46-33-6-4-24-16-43-17-25-13-39(9-7-28(25)34(24)38-33)15-32-37-30-5-3-22(35(41)42)12-31(30)40(32)14-27-8-10-45-27/h1-6,11-12,25-28H,7-10,13-20H2,(H,41,42)/t25?,27-,28?/m0/s1. The third kappa shape index (κ3) is 5.77. The molecule has 3 fully saturated rings. The average molecular weight is 629 g/mol. The number of aromatic nitrogens is 3. The van der Waals surface area contributed by atoms with Gasteiger partial charge in [-0.25, -0.2) is 19.2 Å². The molecule has 4 aliphatic rings. The lowest BCUT2D eigenvalue weighted by molar-refractivity contribution is -0.0592. The van der Waals surface area contributed by atoms with Crippen molar-refractivity contribution in [1.82, 2.24) is 19.4 Å². The maximum atomic E-state index is 14.8. The van der Waals surface area contributed by atoms with Gasteiger partial charge in [0.2, 0.25) is 5.88 Å². The Bertz CT molecular complexity index is 1770. The average Bonchev–Trinajstić information content (AvgIpc) is 3.22. The Kier molecular flexibility index (Phi) is 7.93. The van der Waals surface area contributed by atoms with Crippen LogP contribution < -0.4 is 4.74 Å². The third-order valence-corrected chi connectivity index (χ3v) is 9.93. The van der Waals surface area contributed by atoms with Crippen molar-refractivity contribution < 1.29 is 33.2 Å². The van der Waals surface area contributed by atoms with E-state index in [1.807, 2.05) is 18.2 Å². The lowest BCUT2D eigenvalue weighted by atomic mass is 9.82. The van der Waals surface area contributed by atoms with E-state index in [-0.39, 0.29) is 41.8 Å². The number of fused-ring (bicyclic) bond motifs is 4. The van der Waals surface area contributed by atoms with Gasteiger partial charge in [-0.1, -0.05) is 12.1 Å². The van der Waals surface area contributed by atoms with Crippen LogP contribution in [0.2, 0.25) is 0 Å². The summed E-state index contributed by atoms with van der Waals surface area (Å²) in [6, 6.07) is 14.3. The topological polar surface area (TPSA) is 108 Å². The summed E-state index contributed by atoms with van der Waals surface area (Å²) in [5, 5.41) is 9.58. The maximum Gasteiger partial charge on any atom is 0.335 e. The Morgan fingerprint density at radius 2 is 1.93 bits per heavy atom. The van der Waals surface area contributed by atoms with Crippen LogP contribution in [0.25, 0.3) is 11.0 Å². The van der Waals surface area contributed by atoms with E-state index in [2.05, 4.69) is 9.47 Å². The highest BCUT2D eigenvalue weighted by Gasteiger charge is 2.36. The lowest BCUT2D eigenvalue weighted by Crippen LogP contribution is -2.41. The molecule has 6 heterocycles. The molecule has 0 aliphatic carbocycles. The first kappa shape index (κ1) is 29.5. The zero-order valence-electron chi connectivity index (χ0n) is 25.6. The molecule has 3 saturated heterocycles. The van der Waals surface area contributed by atoms with Crippen LogP contribution in [0.1, 0.15) is 63.2 Å². The Labute approximate surface area is 266 Å². The summed E-state index contributed by atoms with van der Waals surface area (Å²) in [6.45, 7) is 6.27. The van der Waals surface area contributed by atoms with Gasteiger partial charge < -0.3 is 28.6 Å². The minimum Gasteiger partial charge on any atom is -0.478 e. The highest BCUT2D eigenvalue weighted by atomic mass is 19.1. The van der Waals surface area contributed by atoms with E-state index >= 15 is 0 Å². The molecule has 0 bridgehead atoms. The molecule has 2 aromatic heterocycles. The van der Waals surface area contributed by atoms with E-state index in [0.717, 1.165) is 66.2 Å². The number of carboxylic acid groups (broad SMARTS) is 1. The van der Waals surface area contributed by atoms with Crippen molar-refractivity contribution >= 4 is 17.0 Å². The number of likely N-dealkylation sites (tertiary alicyclic amines) is 1. The maximum absolute atomic E-state index is 14.8. The normalized spacial score (nSPS) is 23.2. The summed E-state index contributed by atoms with van der Waals surface area (Å²) < 4.78 is 40.1. The molecule has 0 spiro atoms. The van der Waals surface area contributed by atoms with Crippen LogP contribution in [-0.4, -0.2) is 76.1 Å². The third-order valence-electron chi connectivity index (χ3n) is 9.93. The summed E-state index contributed by atoms with van der Waals surface area (Å²) >= 11 is 0. The minimum atomic E-state index is -0.949. The van der Waals surface area contributed by atoms with Crippen molar-refractivity contribution in [3.8, 4) is 5.88 Å². The van der Waals surface area contributed by atoms with Gasteiger partial charge in [0, 0.05) is 42.5 Å². The predicted octanol–water partition coefficient (Wildman–Crippen LogP) is 4.89. The number of benzene rings is 2. The van der Waals surface area contributed by atoms with Crippen LogP contribution in [0, 0.1) is 11.7 Å².